The molecular weight excluding hydrogens is 251 g/mol. The fraction of sp³-hybridized carbons (Fsp3) is 0.647. The summed E-state index contributed by atoms with van der Waals surface area (Å²) < 4.78 is 14.2. The summed E-state index contributed by atoms with van der Waals surface area (Å²) in [7, 11) is 0. The van der Waals surface area contributed by atoms with Crippen molar-refractivity contribution in [1.29, 1.82) is 0 Å². The number of halogens is 1. The number of piperidine rings is 1. The van der Waals surface area contributed by atoms with Gasteiger partial charge in [-0.1, -0.05) is 33.8 Å². The van der Waals surface area contributed by atoms with E-state index in [9.17, 15) is 4.39 Å². The second kappa shape index (κ2) is 6.57. The molecular formula is C17H27FN2. The van der Waals surface area contributed by atoms with E-state index in [0.717, 1.165) is 30.3 Å². The predicted octanol–water partition coefficient (Wildman–Crippen LogP) is 3.81. The zero-order valence-corrected chi connectivity index (χ0v) is 13.1. The molecule has 1 saturated heterocycles. The highest BCUT2D eigenvalue weighted by Crippen LogP contribution is 2.30. The lowest BCUT2D eigenvalue weighted by atomic mass is 9.88. The van der Waals surface area contributed by atoms with Crippen LogP contribution in [0.25, 0.3) is 0 Å². The molecule has 1 fully saturated rings. The van der Waals surface area contributed by atoms with Gasteiger partial charge in [0.15, 0.2) is 0 Å². The molecule has 3 heteroatoms. The van der Waals surface area contributed by atoms with Gasteiger partial charge in [0.05, 0.1) is 0 Å². The predicted molar refractivity (Wildman–Crippen MR) is 83.5 cm³/mol. The summed E-state index contributed by atoms with van der Waals surface area (Å²) in [6, 6.07) is 5.81. The molecule has 2 atom stereocenters. The van der Waals surface area contributed by atoms with E-state index in [1.54, 1.807) is 6.07 Å². The summed E-state index contributed by atoms with van der Waals surface area (Å²) in [5.41, 5.74) is 1.87. The Balaban J connectivity index is 2.20. The van der Waals surface area contributed by atoms with Gasteiger partial charge < -0.3 is 10.2 Å². The Morgan fingerprint density at radius 1 is 1.30 bits per heavy atom. The summed E-state index contributed by atoms with van der Waals surface area (Å²) in [5.74, 6) is 1.33. The van der Waals surface area contributed by atoms with Crippen molar-refractivity contribution in [2.45, 2.75) is 46.7 Å². The molecule has 0 bridgehead atoms. The molecule has 0 aromatic heterocycles. The van der Waals surface area contributed by atoms with E-state index in [1.807, 2.05) is 6.07 Å². The first-order chi connectivity index (χ1) is 9.49. The van der Waals surface area contributed by atoms with Crippen molar-refractivity contribution < 1.29 is 4.39 Å². The van der Waals surface area contributed by atoms with E-state index in [-0.39, 0.29) is 5.82 Å². The number of rotatable bonds is 4. The Morgan fingerprint density at radius 3 is 2.70 bits per heavy atom. The van der Waals surface area contributed by atoms with Crippen molar-refractivity contribution in [3.8, 4) is 0 Å². The van der Waals surface area contributed by atoms with Crippen LogP contribution in [0, 0.1) is 17.7 Å². The molecule has 2 nitrogen and oxygen atoms in total. The normalized spacial score (nSPS) is 23.4. The van der Waals surface area contributed by atoms with Gasteiger partial charge in [0.25, 0.3) is 0 Å². The average Bonchev–Trinajstić information content (AvgIpc) is 2.40. The minimum absolute atomic E-state index is 0.0954. The molecule has 2 rings (SSSR count). The van der Waals surface area contributed by atoms with Crippen LogP contribution in [0.15, 0.2) is 18.2 Å². The summed E-state index contributed by atoms with van der Waals surface area (Å²) >= 11 is 0. The zero-order valence-electron chi connectivity index (χ0n) is 13.1. The first-order valence-corrected chi connectivity index (χ1v) is 7.74. The summed E-state index contributed by atoms with van der Waals surface area (Å²) in [4.78, 5) is 2.35. The Kier molecular flexibility index (Phi) is 5.03. The maximum absolute atomic E-state index is 14.2. The van der Waals surface area contributed by atoms with E-state index in [4.69, 9.17) is 0 Å². The molecule has 0 radical (unpaired) electrons. The van der Waals surface area contributed by atoms with Crippen LogP contribution in [0.1, 0.15) is 39.7 Å². The smallest absolute Gasteiger partial charge is 0.129 e. The van der Waals surface area contributed by atoms with E-state index in [2.05, 4.69) is 44.0 Å². The van der Waals surface area contributed by atoms with Crippen LogP contribution in [0.5, 0.6) is 0 Å². The Morgan fingerprint density at radius 2 is 2.05 bits per heavy atom. The van der Waals surface area contributed by atoms with Gasteiger partial charge in [-0.05, 0) is 30.4 Å². The SMILES string of the molecule is CC(C)NCc1c(F)cccc1N1CCC(C)C(C)C1. The zero-order chi connectivity index (χ0) is 14.7. The van der Waals surface area contributed by atoms with Crippen molar-refractivity contribution in [2.75, 3.05) is 18.0 Å². The number of nitrogens with zero attached hydrogens (tertiary/aromatic N) is 1. The lowest BCUT2D eigenvalue weighted by Gasteiger charge is -2.38. The third kappa shape index (κ3) is 3.51. The highest BCUT2D eigenvalue weighted by molar-refractivity contribution is 5.54. The number of nitrogens with one attached hydrogen (secondary N) is 1. The highest BCUT2D eigenvalue weighted by atomic mass is 19.1. The van der Waals surface area contributed by atoms with Crippen LogP contribution in [0.2, 0.25) is 0 Å². The van der Waals surface area contributed by atoms with Crippen molar-refractivity contribution >= 4 is 5.69 Å². The van der Waals surface area contributed by atoms with E-state index in [1.165, 1.54) is 6.42 Å². The quantitative estimate of drug-likeness (QED) is 0.901. The largest absolute Gasteiger partial charge is 0.371 e. The minimum atomic E-state index is -0.0954. The minimum Gasteiger partial charge on any atom is -0.371 e. The van der Waals surface area contributed by atoms with Crippen LogP contribution in [-0.4, -0.2) is 19.1 Å². The van der Waals surface area contributed by atoms with Gasteiger partial charge in [-0.15, -0.1) is 0 Å². The molecule has 1 aromatic rings. The van der Waals surface area contributed by atoms with Crippen molar-refractivity contribution in [1.82, 2.24) is 5.32 Å². The second-order valence-electron chi connectivity index (χ2n) is 6.46. The molecule has 0 aliphatic carbocycles. The summed E-state index contributed by atoms with van der Waals surface area (Å²) in [6.45, 7) is 11.4. The second-order valence-corrected chi connectivity index (χ2v) is 6.46. The Hall–Kier alpha value is -1.09. The lowest BCUT2D eigenvalue weighted by molar-refractivity contribution is 0.323. The maximum Gasteiger partial charge on any atom is 0.129 e. The molecule has 0 spiro atoms. The van der Waals surface area contributed by atoms with Crippen LogP contribution >= 0.6 is 0 Å². The van der Waals surface area contributed by atoms with Crippen LogP contribution in [-0.2, 0) is 6.54 Å². The molecule has 1 aliphatic heterocycles. The topological polar surface area (TPSA) is 15.3 Å². The monoisotopic (exact) mass is 278 g/mol. The van der Waals surface area contributed by atoms with Crippen molar-refractivity contribution in [3.63, 3.8) is 0 Å². The van der Waals surface area contributed by atoms with Crippen molar-refractivity contribution in [3.05, 3.63) is 29.6 Å². The third-order valence-corrected chi connectivity index (χ3v) is 4.46. The first-order valence-electron chi connectivity index (χ1n) is 7.74. The molecule has 0 amide bonds. The van der Waals surface area contributed by atoms with E-state index >= 15 is 0 Å². The number of benzene rings is 1. The molecule has 1 N–H and O–H groups in total. The fourth-order valence-electron chi connectivity index (χ4n) is 2.81. The number of hydrogen-bond acceptors (Lipinski definition) is 2. The molecule has 2 unspecified atom stereocenters. The fourth-order valence-corrected chi connectivity index (χ4v) is 2.81. The van der Waals surface area contributed by atoms with Gasteiger partial charge in [0, 0.05) is 36.9 Å². The van der Waals surface area contributed by atoms with Gasteiger partial charge in [-0.3, -0.25) is 0 Å². The van der Waals surface area contributed by atoms with E-state index < -0.39 is 0 Å². The Labute approximate surface area is 122 Å². The Bertz CT molecular complexity index is 445. The molecule has 112 valence electrons. The lowest BCUT2D eigenvalue weighted by Crippen LogP contribution is -2.39. The van der Waals surface area contributed by atoms with Gasteiger partial charge in [-0.25, -0.2) is 4.39 Å². The van der Waals surface area contributed by atoms with Gasteiger partial charge in [0.1, 0.15) is 5.82 Å². The standard InChI is InChI=1S/C17H27FN2/c1-12(2)19-10-15-16(18)6-5-7-17(15)20-9-8-13(3)14(4)11-20/h5-7,12-14,19H,8-11H2,1-4H3. The highest BCUT2D eigenvalue weighted by Gasteiger charge is 2.24. The van der Waals surface area contributed by atoms with Gasteiger partial charge in [0.2, 0.25) is 0 Å². The van der Waals surface area contributed by atoms with Crippen LogP contribution in [0.3, 0.4) is 0 Å². The molecule has 0 saturated carbocycles. The molecule has 1 aromatic carbocycles. The number of hydrogen-bond donors (Lipinski definition) is 1. The number of anilines is 1. The van der Waals surface area contributed by atoms with Crippen LogP contribution < -0.4 is 10.2 Å². The first kappa shape index (κ1) is 15.3. The van der Waals surface area contributed by atoms with Gasteiger partial charge in [-0.2, -0.15) is 0 Å². The van der Waals surface area contributed by atoms with Crippen LogP contribution in [0.4, 0.5) is 10.1 Å². The molecule has 20 heavy (non-hydrogen) atoms. The average molecular weight is 278 g/mol. The van der Waals surface area contributed by atoms with E-state index in [0.29, 0.717) is 18.5 Å². The van der Waals surface area contributed by atoms with Crippen molar-refractivity contribution in [2.24, 2.45) is 11.8 Å². The maximum atomic E-state index is 14.2. The molecule has 1 heterocycles. The third-order valence-electron chi connectivity index (χ3n) is 4.46. The molecule has 1 aliphatic rings. The van der Waals surface area contributed by atoms with Gasteiger partial charge >= 0.3 is 0 Å². The summed E-state index contributed by atoms with van der Waals surface area (Å²) in [5, 5.41) is 3.34. The summed E-state index contributed by atoms with van der Waals surface area (Å²) in [6.07, 6.45) is 1.19.